The summed E-state index contributed by atoms with van der Waals surface area (Å²) in [4.78, 5) is 0.457. The van der Waals surface area contributed by atoms with Gasteiger partial charge in [0.05, 0.1) is 0 Å². The summed E-state index contributed by atoms with van der Waals surface area (Å²) in [6.07, 6.45) is 0. The maximum atomic E-state index is 11.4. The molecule has 1 unspecified atom stereocenters. The Hall–Kier alpha value is -0.0726. The molecule has 0 N–H and O–H groups in total. The molecule has 0 saturated carbocycles. The first-order valence-corrected chi connectivity index (χ1v) is 7.60. The predicted molar refractivity (Wildman–Crippen MR) is 75.9 cm³/mol. The van der Waals surface area contributed by atoms with Crippen LogP contribution < -0.4 is 18.9 Å². The van der Waals surface area contributed by atoms with Crippen LogP contribution in [0.2, 0.25) is 0 Å². The molecule has 0 fully saturated rings. The smallest absolute Gasteiger partial charge is 0.768 e. The molecule has 0 spiro atoms. The van der Waals surface area contributed by atoms with Crippen molar-refractivity contribution in [2.75, 3.05) is 0 Å². The molecular formula is C15H23LiO2S. The van der Waals surface area contributed by atoms with E-state index in [9.17, 15) is 8.76 Å². The fourth-order valence-electron chi connectivity index (χ4n) is 2.52. The van der Waals surface area contributed by atoms with Gasteiger partial charge in [-0.15, -0.1) is 0 Å². The second-order valence-corrected chi connectivity index (χ2v) is 6.59. The summed E-state index contributed by atoms with van der Waals surface area (Å²) in [6, 6.07) is 3.72. The average molecular weight is 274 g/mol. The van der Waals surface area contributed by atoms with Gasteiger partial charge in [0.15, 0.2) is 0 Å². The van der Waals surface area contributed by atoms with Crippen molar-refractivity contribution in [3.63, 3.8) is 0 Å². The minimum absolute atomic E-state index is 0. The third-order valence-corrected chi connectivity index (χ3v) is 3.95. The second kappa shape index (κ2) is 7.64. The molecule has 2 nitrogen and oxygen atoms in total. The van der Waals surface area contributed by atoms with Gasteiger partial charge in [-0.25, -0.2) is 0 Å². The van der Waals surface area contributed by atoms with Crippen molar-refractivity contribution in [2.24, 2.45) is 0 Å². The number of hydrogen-bond donors (Lipinski definition) is 0. The van der Waals surface area contributed by atoms with E-state index in [0.717, 1.165) is 5.56 Å². The first kappa shape index (κ1) is 18.9. The normalized spacial score (nSPS) is 12.9. The van der Waals surface area contributed by atoms with E-state index < -0.39 is 11.1 Å². The van der Waals surface area contributed by atoms with Gasteiger partial charge >= 0.3 is 18.9 Å². The van der Waals surface area contributed by atoms with E-state index in [-0.39, 0.29) is 24.8 Å². The molecule has 0 aromatic heterocycles. The third-order valence-electron chi connectivity index (χ3n) is 3.24. The molecule has 102 valence electrons. The minimum atomic E-state index is -2.16. The minimum Gasteiger partial charge on any atom is -0.768 e. The summed E-state index contributed by atoms with van der Waals surface area (Å²) >= 11 is -2.16. The van der Waals surface area contributed by atoms with E-state index in [1.165, 1.54) is 11.1 Å². The first-order chi connectivity index (χ1) is 8.27. The molecule has 1 atom stereocenters. The SMILES string of the molecule is CC(C)c1ccc(S(=O)[O-])c(C(C)C)c1C(C)C.[Li+]. The second-order valence-electron chi connectivity index (χ2n) is 5.68. The van der Waals surface area contributed by atoms with Gasteiger partial charge < -0.3 is 4.55 Å². The molecule has 0 aliphatic heterocycles. The van der Waals surface area contributed by atoms with Crippen molar-refractivity contribution in [1.29, 1.82) is 0 Å². The maximum absolute atomic E-state index is 11.4. The molecular weight excluding hydrogens is 251 g/mol. The van der Waals surface area contributed by atoms with Crippen LogP contribution in [-0.2, 0) is 11.1 Å². The standard InChI is InChI=1S/C15H24O2S.Li/c1-9(2)12-7-8-13(18(16)17)15(11(5)6)14(12)10(3)4;/h7-11H,1-6H3,(H,16,17);/q;+1/p-1. The third kappa shape index (κ3) is 4.19. The van der Waals surface area contributed by atoms with Crippen LogP contribution in [0.5, 0.6) is 0 Å². The molecule has 0 saturated heterocycles. The van der Waals surface area contributed by atoms with E-state index in [0.29, 0.717) is 16.7 Å². The molecule has 1 aromatic carbocycles. The molecule has 0 bridgehead atoms. The van der Waals surface area contributed by atoms with Crippen LogP contribution in [0.15, 0.2) is 17.0 Å². The fraction of sp³-hybridized carbons (Fsp3) is 0.600. The van der Waals surface area contributed by atoms with Gasteiger partial charge in [-0.1, -0.05) is 47.6 Å². The molecule has 4 heteroatoms. The van der Waals surface area contributed by atoms with Crippen LogP contribution in [0.25, 0.3) is 0 Å². The summed E-state index contributed by atoms with van der Waals surface area (Å²) < 4.78 is 22.8. The molecule has 0 aliphatic rings. The van der Waals surface area contributed by atoms with Gasteiger partial charge in [0, 0.05) is 4.90 Å². The van der Waals surface area contributed by atoms with Gasteiger partial charge in [0.25, 0.3) is 0 Å². The Kier molecular flexibility index (Phi) is 7.61. The zero-order chi connectivity index (χ0) is 14.0. The van der Waals surface area contributed by atoms with Gasteiger partial charge in [-0.05, 0) is 51.6 Å². The monoisotopic (exact) mass is 274 g/mol. The Morgan fingerprint density at radius 3 is 1.68 bits per heavy atom. The van der Waals surface area contributed by atoms with Crippen LogP contribution in [0.3, 0.4) is 0 Å². The summed E-state index contributed by atoms with van der Waals surface area (Å²) in [7, 11) is 0. The summed E-state index contributed by atoms with van der Waals surface area (Å²) in [5.41, 5.74) is 3.47. The van der Waals surface area contributed by atoms with Crippen molar-refractivity contribution in [1.82, 2.24) is 0 Å². The van der Waals surface area contributed by atoms with E-state index in [1.54, 1.807) is 6.07 Å². The van der Waals surface area contributed by atoms with Crippen molar-refractivity contribution >= 4 is 11.1 Å². The molecule has 1 rings (SSSR count). The van der Waals surface area contributed by atoms with Gasteiger partial charge in [-0.2, -0.15) is 0 Å². The van der Waals surface area contributed by atoms with Crippen LogP contribution in [0, 0.1) is 0 Å². The first-order valence-electron chi connectivity index (χ1n) is 6.53. The summed E-state index contributed by atoms with van der Waals surface area (Å²) in [5, 5.41) is 0. The Balaban J connectivity index is 0.00000324. The van der Waals surface area contributed by atoms with Crippen LogP contribution in [0.1, 0.15) is 76.0 Å². The van der Waals surface area contributed by atoms with Crippen molar-refractivity contribution in [3.8, 4) is 0 Å². The molecule has 0 heterocycles. The van der Waals surface area contributed by atoms with Crippen LogP contribution >= 0.6 is 0 Å². The molecule has 1 aromatic rings. The van der Waals surface area contributed by atoms with Gasteiger partial charge in [-0.3, -0.25) is 4.21 Å². The summed E-state index contributed by atoms with van der Waals surface area (Å²) in [5.74, 6) is 0.964. The van der Waals surface area contributed by atoms with E-state index in [4.69, 9.17) is 0 Å². The van der Waals surface area contributed by atoms with Crippen molar-refractivity contribution < 1.29 is 27.6 Å². The number of rotatable bonds is 4. The van der Waals surface area contributed by atoms with E-state index >= 15 is 0 Å². The molecule has 0 amide bonds. The van der Waals surface area contributed by atoms with Crippen LogP contribution in [0.4, 0.5) is 0 Å². The molecule has 19 heavy (non-hydrogen) atoms. The largest absolute Gasteiger partial charge is 1.00 e. The Morgan fingerprint density at radius 2 is 1.37 bits per heavy atom. The number of benzene rings is 1. The van der Waals surface area contributed by atoms with Gasteiger partial charge in [0.2, 0.25) is 0 Å². The van der Waals surface area contributed by atoms with Crippen LogP contribution in [-0.4, -0.2) is 8.76 Å². The quantitative estimate of drug-likeness (QED) is 0.613. The van der Waals surface area contributed by atoms with E-state index in [2.05, 4.69) is 41.5 Å². The summed E-state index contributed by atoms with van der Waals surface area (Å²) in [6.45, 7) is 12.7. The molecule has 0 aliphatic carbocycles. The Morgan fingerprint density at radius 1 is 0.895 bits per heavy atom. The Labute approximate surface area is 131 Å². The Bertz CT molecular complexity index is 454. The zero-order valence-corrected chi connectivity index (χ0v) is 13.9. The molecule has 0 radical (unpaired) electrons. The predicted octanol–water partition coefficient (Wildman–Crippen LogP) is 1.30. The fourth-order valence-corrected chi connectivity index (χ4v) is 3.23. The van der Waals surface area contributed by atoms with Gasteiger partial charge in [0.1, 0.15) is 0 Å². The maximum Gasteiger partial charge on any atom is 1.00 e. The average Bonchev–Trinajstić information content (AvgIpc) is 2.26. The zero-order valence-electron chi connectivity index (χ0n) is 13.1. The topological polar surface area (TPSA) is 40.1 Å². The van der Waals surface area contributed by atoms with Crippen molar-refractivity contribution in [2.45, 2.75) is 64.2 Å². The van der Waals surface area contributed by atoms with Crippen molar-refractivity contribution in [3.05, 3.63) is 28.8 Å². The van der Waals surface area contributed by atoms with E-state index in [1.807, 2.05) is 6.07 Å². The number of hydrogen-bond acceptors (Lipinski definition) is 2.